The van der Waals surface area contributed by atoms with E-state index in [9.17, 15) is 48.8 Å². The Kier molecular flexibility index (Phi) is 15.6. The molecule has 14 nitrogen and oxygen atoms in total. The van der Waals surface area contributed by atoms with E-state index in [1.165, 1.54) is 0 Å². The van der Waals surface area contributed by atoms with Gasteiger partial charge in [0.15, 0.2) is 11.5 Å². The number of nitrogen functional groups attached to an aromatic ring is 1. The molecule has 2 aromatic carbocycles. The maximum Gasteiger partial charge on any atom is 1.00 e. The largest absolute Gasteiger partial charge is 1.00 e. The van der Waals surface area contributed by atoms with Crippen molar-refractivity contribution in [1.29, 1.82) is 0 Å². The number of halogens is 1. The van der Waals surface area contributed by atoms with Gasteiger partial charge in [-0.2, -0.15) is 30.4 Å². The Morgan fingerprint density at radius 2 is 1.34 bits per heavy atom. The fraction of sp³-hybridized carbons (Fsp3) is 0. The number of ketones is 1. The van der Waals surface area contributed by atoms with Gasteiger partial charge in [-0.15, -0.1) is 0 Å². The van der Waals surface area contributed by atoms with Crippen molar-refractivity contribution in [2.24, 2.45) is 5.10 Å². The monoisotopic (exact) mass is 685 g/mol. The van der Waals surface area contributed by atoms with Gasteiger partial charge in [0, 0.05) is 22.8 Å². The minimum absolute atomic E-state index is 0. The summed E-state index contributed by atoms with van der Waals surface area (Å²) in [6, 6.07) is 2.81. The molecule has 0 aromatic heterocycles. The molecule has 1 aliphatic carbocycles. The Hall–Kier alpha value is 0.459. The van der Waals surface area contributed by atoms with E-state index >= 15 is 0 Å². The molecule has 3 rings (SSSR count). The summed E-state index contributed by atoms with van der Waals surface area (Å²) in [7, 11) is -14.8. The van der Waals surface area contributed by atoms with Crippen molar-refractivity contribution < 1.29 is 155 Å². The molecule has 0 amide bonds. The Balaban J connectivity index is 0. The van der Waals surface area contributed by atoms with Crippen molar-refractivity contribution >= 4 is 70.9 Å². The molecule has 1 aliphatic rings. The SMILES string of the molecule is Nc1cc(S(=O)(=O)O)cc2c1C(=O)/C(=N/Nc1cc(S(=O)(=O)O)cc(Cl)c1O)C(S(=O)(=O)O)=C2.[Cu].[Na+].[Na+].[Na+]. The average molecular weight is 686 g/mol. The van der Waals surface area contributed by atoms with Crippen molar-refractivity contribution in [3.63, 3.8) is 0 Å². The number of hydrazone groups is 1. The van der Waals surface area contributed by atoms with E-state index in [4.69, 9.17) is 17.3 Å². The predicted molar refractivity (Wildman–Crippen MR) is 119 cm³/mol. The number of hydrogen-bond donors (Lipinski definition) is 6. The topological polar surface area (TPSA) is 251 Å². The second-order valence-electron chi connectivity index (χ2n) is 6.61. The van der Waals surface area contributed by atoms with Gasteiger partial charge in [0.2, 0.25) is 5.78 Å². The molecule has 2 aromatic rings. The van der Waals surface area contributed by atoms with E-state index in [-0.39, 0.29) is 111 Å². The molecule has 38 heavy (non-hydrogen) atoms. The quantitative estimate of drug-likeness (QED) is 0.0563. The molecule has 0 unspecified atom stereocenters. The van der Waals surface area contributed by atoms with Gasteiger partial charge in [-0.05, 0) is 35.9 Å². The number of aromatic hydroxyl groups is 1. The van der Waals surface area contributed by atoms with Crippen LogP contribution in [0.3, 0.4) is 0 Å². The van der Waals surface area contributed by atoms with E-state index in [1.54, 1.807) is 0 Å². The molecule has 0 saturated heterocycles. The number of Topliss-reactive ketones (excluding diaryl/α,β-unsaturated/α-hetero) is 1. The van der Waals surface area contributed by atoms with Gasteiger partial charge < -0.3 is 10.8 Å². The molecule has 0 spiro atoms. The Labute approximate surface area is 298 Å². The molecule has 0 bridgehead atoms. The summed E-state index contributed by atoms with van der Waals surface area (Å²) in [6.07, 6.45) is 0.652. The summed E-state index contributed by atoms with van der Waals surface area (Å²) in [4.78, 5) is 10.3. The van der Waals surface area contributed by atoms with Gasteiger partial charge in [0.25, 0.3) is 30.4 Å². The third-order valence-electron chi connectivity index (χ3n) is 4.33. The van der Waals surface area contributed by atoms with Crippen molar-refractivity contribution in [2.45, 2.75) is 9.79 Å². The number of rotatable bonds is 5. The van der Waals surface area contributed by atoms with Gasteiger partial charge in [-0.25, -0.2) is 0 Å². The van der Waals surface area contributed by atoms with Crippen LogP contribution in [0.5, 0.6) is 5.75 Å². The van der Waals surface area contributed by atoms with Crippen molar-refractivity contribution in [2.75, 3.05) is 11.2 Å². The summed E-state index contributed by atoms with van der Waals surface area (Å²) in [5.74, 6) is -2.02. The molecule has 0 heterocycles. The number of carbonyl (C=O) groups is 1. The molecule has 22 heteroatoms. The number of nitrogens with one attached hydrogen (secondary N) is 1. The van der Waals surface area contributed by atoms with Crippen LogP contribution in [0.2, 0.25) is 5.02 Å². The maximum atomic E-state index is 13.0. The second kappa shape index (κ2) is 14.6. The van der Waals surface area contributed by atoms with E-state index in [1.807, 2.05) is 5.43 Å². The molecule has 1 radical (unpaired) electrons. The molecule has 0 fully saturated rings. The van der Waals surface area contributed by atoms with Crippen LogP contribution in [0, 0.1) is 0 Å². The summed E-state index contributed by atoms with van der Waals surface area (Å²) in [6.45, 7) is 0. The Bertz CT molecular complexity index is 1670. The first-order chi connectivity index (χ1) is 15.4. The van der Waals surface area contributed by atoms with E-state index in [0.717, 1.165) is 12.1 Å². The van der Waals surface area contributed by atoms with E-state index in [2.05, 4.69) is 5.10 Å². The third kappa shape index (κ3) is 8.98. The zero-order valence-electron chi connectivity index (χ0n) is 19.5. The molecule has 0 atom stereocenters. The zero-order chi connectivity index (χ0) is 25.8. The van der Waals surface area contributed by atoms with Gasteiger partial charge in [-0.3, -0.25) is 23.9 Å². The third-order valence-corrected chi connectivity index (χ3v) is 7.15. The standard InChI is InChI=1S/C16H12ClN3O11S3.Cu.3Na/c17-9-3-8(33(26,27)28)5-11(15(9)21)19-20-14-12(34(29,30)31)2-6-1-7(32(23,24)25)4-10(18)13(6)16(14)22;;;;/h1-5,19,21H,18H2,(H,23,24,25)(H,26,27,28)(H,29,30,31);;;;/q;;3*+1/b20-14+;;;;. The number of benzene rings is 2. The smallest absolute Gasteiger partial charge is 0.504 e. The normalized spacial score (nSPS) is 14.1. The van der Waals surface area contributed by atoms with Crippen LogP contribution < -0.4 is 99.8 Å². The van der Waals surface area contributed by atoms with Crippen LogP contribution in [0.25, 0.3) is 6.08 Å². The number of phenols is 1. The second-order valence-corrected chi connectivity index (χ2v) is 11.3. The van der Waals surface area contributed by atoms with Crippen LogP contribution >= 0.6 is 11.6 Å². The predicted octanol–water partition coefficient (Wildman–Crippen LogP) is -7.98. The number of carbonyl (C=O) groups excluding carboxylic acids is 1. The minimum atomic E-state index is -5.17. The molecular formula is C16H12ClCuN3Na3O11S3+3. The molecule has 0 saturated carbocycles. The fourth-order valence-corrected chi connectivity index (χ4v) is 4.88. The molecule has 7 N–H and O–H groups in total. The summed E-state index contributed by atoms with van der Waals surface area (Å²) >= 11 is 5.70. The zero-order valence-corrected chi connectivity index (χ0v) is 29.6. The maximum absolute atomic E-state index is 13.0. The molecular weight excluding hydrogens is 674 g/mol. The first-order valence-corrected chi connectivity index (χ1v) is 13.1. The molecule has 193 valence electrons. The number of anilines is 2. The average Bonchev–Trinajstić information content (AvgIpc) is 2.67. The van der Waals surface area contributed by atoms with Crippen LogP contribution in [-0.4, -0.2) is 55.5 Å². The van der Waals surface area contributed by atoms with Gasteiger partial charge in [-0.1, -0.05) is 11.6 Å². The van der Waals surface area contributed by atoms with E-state index < -0.39 is 84.3 Å². The minimum Gasteiger partial charge on any atom is -0.504 e. The van der Waals surface area contributed by atoms with Crippen LogP contribution in [0.1, 0.15) is 15.9 Å². The van der Waals surface area contributed by atoms with Crippen molar-refractivity contribution in [3.05, 3.63) is 45.3 Å². The number of hydrogen-bond acceptors (Lipinski definition) is 11. The number of allylic oxidation sites excluding steroid dienone is 1. The van der Waals surface area contributed by atoms with Crippen molar-refractivity contribution in [3.8, 4) is 5.75 Å². The summed E-state index contributed by atoms with van der Waals surface area (Å²) < 4.78 is 97.3. The van der Waals surface area contributed by atoms with E-state index in [0.29, 0.717) is 18.2 Å². The van der Waals surface area contributed by atoms with Crippen molar-refractivity contribution in [1.82, 2.24) is 0 Å². The Morgan fingerprint density at radius 1 is 0.842 bits per heavy atom. The fourth-order valence-electron chi connectivity index (χ4n) is 2.85. The number of phenolic OH excluding ortho intramolecular Hbond substituents is 1. The van der Waals surface area contributed by atoms with Crippen LogP contribution in [0.4, 0.5) is 11.4 Å². The number of fused-ring (bicyclic) bond motifs is 1. The summed E-state index contributed by atoms with van der Waals surface area (Å²) in [5, 5.41) is 13.0. The molecule has 0 aliphatic heterocycles. The summed E-state index contributed by atoms with van der Waals surface area (Å²) in [5.41, 5.74) is 4.83. The van der Waals surface area contributed by atoms with Crippen LogP contribution in [-0.2, 0) is 47.4 Å². The number of nitrogens with two attached hydrogens (primary N) is 1. The first-order valence-electron chi connectivity index (χ1n) is 8.40. The number of nitrogens with zero attached hydrogens (tertiary/aromatic N) is 1. The first kappa shape index (κ1) is 40.6. The van der Waals surface area contributed by atoms with Gasteiger partial charge >= 0.3 is 88.7 Å². The Morgan fingerprint density at radius 3 is 1.82 bits per heavy atom. The van der Waals surface area contributed by atoms with Gasteiger partial charge in [0.05, 0.1) is 20.4 Å². The van der Waals surface area contributed by atoms with Gasteiger partial charge in [0.1, 0.15) is 10.6 Å². The van der Waals surface area contributed by atoms with Crippen LogP contribution in [0.15, 0.2) is 44.1 Å².